The monoisotopic (exact) mass is 304 g/mol. The molecule has 1 unspecified atom stereocenters. The van der Waals surface area contributed by atoms with E-state index in [1.807, 2.05) is 0 Å². The third-order valence-electron chi connectivity index (χ3n) is 3.41. The van der Waals surface area contributed by atoms with E-state index < -0.39 is 5.82 Å². The number of hydrogen-bond donors (Lipinski definition) is 1. The first-order chi connectivity index (χ1) is 9.11. The zero-order chi connectivity index (χ0) is 13.8. The lowest BCUT2D eigenvalue weighted by atomic mass is 10.1. The van der Waals surface area contributed by atoms with Crippen molar-refractivity contribution in [2.75, 3.05) is 24.5 Å². The van der Waals surface area contributed by atoms with E-state index in [0.717, 1.165) is 44.6 Å². The molecular formula is C14H19Cl2FN2. The van der Waals surface area contributed by atoms with Gasteiger partial charge in [0.1, 0.15) is 5.82 Å². The summed E-state index contributed by atoms with van der Waals surface area (Å²) in [7, 11) is 0. The van der Waals surface area contributed by atoms with Crippen molar-refractivity contribution in [3.05, 3.63) is 28.0 Å². The molecule has 0 bridgehead atoms. The minimum Gasteiger partial charge on any atom is -0.368 e. The van der Waals surface area contributed by atoms with Crippen molar-refractivity contribution >= 4 is 28.9 Å². The van der Waals surface area contributed by atoms with Crippen LogP contribution in [0, 0.1) is 5.82 Å². The Balaban J connectivity index is 2.24. The van der Waals surface area contributed by atoms with Gasteiger partial charge in [0, 0.05) is 19.1 Å². The van der Waals surface area contributed by atoms with Crippen LogP contribution < -0.4 is 10.2 Å². The molecule has 1 N–H and O–H groups in total. The standard InChI is InChI=1S/C14H19Cl2FN2/c1-2-4-11-9-19(6-3-5-18-11)14-12(15)7-10(17)8-13(14)16/h7-8,11,18H,2-6,9H2,1H3. The van der Waals surface area contributed by atoms with Crippen molar-refractivity contribution in [1.29, 1.82) is 0 Å². The molecule has 0 aliphatic carbocycles. The van der Waals surface area contributed by atoms with Crippen LogP contribution in [-0.2, 0) is 0 Å². The largest absolute Gasteiger partial charge is 0.368 e. The molecule has 0 spiro atoms. The van der Waals surface area contributed by atoms with Crippen LogP contribution in [0.5, 0.6) is 0 Å². The van der Waals surface area contributed by atoms with Crippen molar-refractivity contribution in [3.63, 3.8) is 0 Å². The summed E-state index contributed by atoms with van der Waals surface area (Å²) < 4.78 is 13.3. The number of halogens is 3. The molecule has 0 aromatic heterocycles. The Morgan fingerprint density at radius 2 is 2.05 bits per heavy atom. The first-order valence-corrected chi connectivity index (χ1v) is 7.50. The predicted octanol–water partition coefficient (Wildman–Crippen LogP) is 4.10. The second kappa shape index (κ2) is 6.78. The molecule has 1 atom stereocenters. The van der Waals surface area contributed by atoms with Gasteiger partial charge < -0.3 is 10.2 Å². The molecule has 0 radical (unpaired) electrons. The lowest BCUT2D eigenvalue weighted by Crippen LogP contribution is -2.37. The van der Waals surface area contributed by atoms with E-state index in [1.165, 1.54) is 12.1 Å². The van der Waals surface area contributed by atoms with Crippen LogP contribution in [0.3, 0.4) is 0 Å². The molecule has 1 aliphatic heterocycles. The second-order valence-corrected chi connectivity index (χ2v) is 5.77. The molecule has 5 heteroatoms. The topological polar surface area (TPSA) is 15.3 Å². The van der Waals surface area contributed by atoms with Gasteiger partial charge in [-0.1, -0.05) is 36.5 Å². The number of nitrogens with zero attached hydrogens (tertiary/aromatic N) is 1. The predicted molar refractivity (Wildman–Crippen MR) is 79.9 cm³/mol. The van der Waals surface area contributed by atoms with Gasteiger partial charge >= 0.3 is 0 Å². The summed E-state index contributed by atoms with van der Waals surface area (Å²) in [5.74, 6) is -0.392. The SMILES string of the molecule is CCCC1CN(c2c(Cl)cc(F)cc2Cl)CCCN1. The minimum absolute atomic E-state index is 0.391. The van der Waals surface area contributed by atoms with Gasteiger partial charge in [-0.2, -0.15) is 0 Å². The number of nitrogens with one attached hydrogen (secondary N) is 1. The quantitative estimate of drug-likeness (QED) is 0.904. The lowest BCUT2D eigenvalue weighted by molar-refractivity contribution is 0.502. The number of benzene rings is 1. The Morgan fingerprint density at radius 3 is 2.68 bits per heavy atom. The maximum atomic E-state index is 13.3. The highest BCUT2D eigenvalue weighted by Crippen LogP contribution is 2.35. The smallest absolute Gasteiger partial charge is 0.126 e. The summed E-state index contributed by atoms with van der Waals surface area (Å²) in [5.41, 5.74) is 0.759. The first kappa shape index (κ1) is 14.9. The molecule has 1 aliphatic rings. The van der Waals surface area contributed by atoms with Crippen molar-refractivity contribution in [2.24, 2.45) is 0 Å². The van der Waals surface area contributed by atoms with Crippen molar-refractivity contribution in [1.82, 2.24) is 5.32 Å². The third-order valence-corrected chi connectivity index (χ3v) is 3.99. The van der Waals surface area contributed by atoms with E-state index >= 15 is 0 Å². The fourth-order valence-electron chi connectivity index (χ4n) is 2.58. The van der Waals surface area contributed by atoms with Crippen LogP contribution in [-0.4, -0.2) is 25.7 Å². The first-order valence-electron chi connectivity index (χ1n) is 6.74. The Kier molecular flexibility index (Phi) is 5.31. The second-order valence-electron chi connectivity index (χ2n) is 4.96. The fraction of sp³-hybridized carbons (Fsp3) is 0.571. The maximum absolute atomic E-state index is 13.3. The van der Waals surface area contributed by atoms with E-state index in [1.54, 1.807) is 0 Å². The zero-order valence-electron chi connectivity index (χ0n) is 11.1. The normalized spacial score (nSPS) is 20.4. The molecule has 0 amide bonds. The highest BCUT2D eigenvalue weighted by Gasteiger charge is 2.21. The van der Waals surface area contributed by atoms with Crippen molar-refractivity contribution in [2.45, 2.75) is 32.2 Å². The molecule has 2 nitrogen and oxygen atoms in total. The third kappa shape index (κ3) is 3.74. The molecule has 1 saturated heterocycles. The average molecular weight is 305 g/mol. The molecule has 1 aromatic carbocycles. The van der Waals surface area contributed by atoms with Crippen LogP contribution in [0.1, 0.15) is 26.2 Å². The molecule has 2 rings (SSSR count). The molecule has 1 heterocycles. The van der Waals surface area contributed by atoms with Crippen LogP contribution in [0.25, 0.3) is 0 Å². The van der Waals surface area contributed by atoms with Gasteiger partial charge in [-0.3, -0.25) is 0 Å². The highest BCUT2D eigenvalue weighted by atomic mass is 35.5. The maximum Gasteiger partial charge on any atom is 0.126 e. The van der Waals surface area contributed by atoms with E-state index in [9.17, 15) is 4.39 Å². The van der Waals surface area contributed by atoms with Gasteiger partial charge in [-0.05, 0) is 31.5 Å². The Morgan fingerprint density at radius 1 is 1.37 bits per heavy atom. The summed E-state index contributed by atoms with van der Waals surface area (Å²) >= 11 is 12.3. The van der Waals surface area contributed by atoms with Gasteiger partial charge in [0.15, 0.2) is 0 Å². The molecule has 1 fully saturated rings. The minimum atomic E-state index is -0.392. The summed E-state index contributed by atoms with van der Waals surface area (Å²) in [6.07, 6.45) is 3.29. The summed E-state index contributed by atoms with van der Waals surface area (Å²) in [4.78, 5) is 2.17. The van der Waals surface area contributed by atoms with Crippen LogP contribution in [0.2, 0.25) is 10.0 Å². The van der Waals surface area contributed by atoms with Crippen LogP contribution in [0.4, 0.5) is 10.1 Å². The fourth-order valence-corrected chi connectivity index (χ4v) is 3.28. The van der Waals surface area contributed by atoms with Crippen LogP contribution in [0.15, 0.2) is 12.1 Å². The van der Waals surface area contributed by atoms with Crippen LogP contribution >= 0.6 is 23.2 Å². The zero-order valence-corrected chi connectivity index (χ0v) is 12.6. The average Bonchev–Trinajstić information content (AvgIpc) is 2.54. The molecule has 19 heavy (non-hydrogen) atoms. The van der Waals surface area contributed by atoms with Gasteiger partial charge in [0.05, 0.1) is 15.7 Å². The van der Waals surface area contributed by atoms with Gasteiger partial charge in [-0.15, -0.1) is 0 Å². The lowest BCUT2D eigenvalue weighted by Gasteiger charge is -2.28. The van der Waals surface area contributed by atoms with Gasteiger partial charge in [0.2, 0.25) is 0 Å². The summed E-state index contributed by atoms with van der Waals surface area (Å²) in [5, 5.41) is 4.31. The Hall–Kier alpha value is -0.510. The molecule has 106 valence electrons. The highest BCUT2D eigenvalue weighted by molar-refractivity contribution is 6.39. The Labute approximate surface area is 123 Å². The van der Waals surface area contributed by atoms with E-state index in [-0.39, 0.29) is 0 Å². The van der Waals surface area contributed by atoms with E-state index in [2.05, 4.69) is 17.1 Å². The number of rotatable bonds is 3. The molecule has 0 saturated carbocycles. The summed E-state index contributed by atoms with van der Waals surface area (Å²) in [6, 6.07) is 3.09. The molecular weight excluding hydrogens is 286 g/mol. The van der Waals surface area contributed by atoms with Gasteiger partial charge in [-0.25, -0.2) is 4.39 Å². The number of hydrogen-bond acceptors (Lipinski definition) is 2. The van der Waals surface area contributed by atoms with E-state index in [0.29, 0.717) is 16.1 Å². The Bertz CT molecular complexity index is 416. The number of anilines is 1. The van der Waals surface area contributed by atoms with Gasteiger partial charge in [0.25, 0.3) is 0 Å². The summed E-state index contributed by atoms with van der Waals surface area (Å²) in [6.45, 7) is 4.92. The van der Waals surface area contributed by atoms with Crippen molar-refractivity contribution < 1.29 is 4.39 Å². The van der Waals surface area contributed by atoms with Crippen molar-refractivity contribution in [3.8, 4) is 0 Å². The van der Waals surface area contributed by atoms with E-state index in [4.69, 9.17) is 23.2 Å². The molecule has 1 aromatic rings.